The third kappa shape index (κ3) is 5.70. The fraction of sp³-hybridized carbons (Fsp3) is 0.455. The molecule has 1 amide bonds. The van der Waals surface area contributed by atoms with E-state index in [4.69, 9.17) is 16.7 Å². The maximum absolute atomic E-state index is 11.6. The van der Waals surface area contributed by atoms with Gasteiger partial charge in [0.15, 0.2) is 0 Å². The number of nitrogens with one attached hydrogen (secondary N) is 1. The highest BCUT2D eigenvalue weighted by Crippen LogP contribution is 2.21. The second-order valence-electron chi connectivity index (χ2n) is 3.78. The molecule has 0 fully saturated rings. The normalized spacial score (nSPS) is 12.1. The third-order valence-electron chi connectivity index (χ3n) is 2.16. The summed E-state index contributed by atoms with van der Waals surface area (Å²) >= 11 is 7.13. The van der Waals surface area contributed by atoms with Gasteiger partial charge < -0.3 is 10.4 Å². The van der Waals surface area contributed by atoms with Crippen molar-refractivity contribution in [3.63, 3.8) is 0 Å². The molecule has 0 aliphatic heterocycles. The van der Waals surface area contributed by atoms with Crippen LogP contribution in [0.15, 0.2) is 12.1 Å². The van der Waals surface area contributed by atoms with Gasteiger partial charge in [0, 0.05) is 17.3 Å². The third-order valence-corrected chi connectivity index (χ3v) is 3.39. The van der Waals surface area contributed by atoms with Crippen LogP contribution >= 0.6 is 22.9 Å². The molecule has 1 aromatic rings. The van der Waals surface area contributed by atoms with Crippen LogP contribution in [-0.4, -0.2) is 23.0 Å². The maximum Gasteiger partial charge on any atom is 0.303 e. The van der Waals surface area contributed by atoms with Gasteiger partial charge >= 0.3 is 5.97 Å². The fourth-order valence-electron chi connectivity index (χ4n) is 1.34. The fourth-order valence-corrected chi connectivity index (χ4v) is 2.43. The summed E-state index contributed by atoms with van der Waals surface area (Å²) in [5.41, 5.74) is 0. The number of aliphatic carboxylic acids is 1. The maximum atomic E-state index is 11.6. The molecular weight excluding hydrogens is 262 g/mol. The summed E-state index contributed by atoms with van der Waals surface area (Å²) in [5.74, 6) is -0.961. The van der Waals surface area contributed by atoms with Crippen molar-refractivity contribution in [2.24, 2.45) is 0 Å². The Bertz CT molecular complexity index is 405. The second-order valence-corrected chi connectivity index (χ2v) is 5.58. The number of halogens is 1. The van der Waals surface area contributed by atoms with Gasteiger partial charge in [0.25, 0.3) is 0 Å². The Morgan fingerprint density at radius 1 is 1.53 bits per heavy atom. The average molecular weight is 276 g/mol. The number of carboxylic acids is 1. The number of hydrogen-bond acceptors (Lipinski definition) is 3. The van der Waals surface area contributed by atoms with E-state index in [1.807, 2.05) is 6.07 Å². The van der Waals surface area contributed by atoms with Gasteiger partial charge in [0.05, 0.1) is 10.8 Å². The van der Waals surface area contributed by atoms with Gasteiger partial charge in [-0.05, 0) is 25.5 Å². The predicted octanol–water partition coefficient (Wildman–Crippen LogP) is 2.31. The largest absolute Gasteiger partial charge is 0.481 e. The van der Waals surface area contributed by atoms with Crippen LogP contribution in [-0.2, 0) is 16.0 Å². The van der Waals surface area contributed by atoms with Crippen LogP contribution < -0.4 is 5.32 Å². The van der Waals surface area contributed by atoms with Crippen LogP contribution in [0, 0.1) is 0 Å². The molecule has 1 rings (SSSR count). The molecule has 1 atom stereocenters. The Hall–Kier alpha value is -1.07. The van der Waals surface area contributed by atoms with E-state index in [-0.39, 0.29) is 24.8 Å². The van der Waals surface area contributed by atoms with Crippen LogP contribution in [0.2, 0.25) is 4.34 Å². The first-order valence-corrected chi connectivity index (χ1v) is 6.42. The van der Waals surface area contributed by atoms with Gasteiger partial charge in [0.2, 0.25) is 5.91 Å². The Balaban J connectivity index is 2.31. The summed E-state index contributed by atoms with van der Waals surface area (Å²) in [5, 5.41) is 11.3. The zero-order chi connectivity index (χ0) is 12.8. The molecule has 4 nitrogen and oxygen atoms in total. The summed E-state index contributed by atoms with van der Waals surface area (Å²) < 4.78 is 0.659. The quantitative estimate of drug-likeness (QED) is 0.837. The monoisotopic (exact) mass is 275 g/mol. The number of amides is 1. The molecule has 0 saturated carbocycles. The lowest BCUT2D eigenvalue weighted by atomic mass is 10.2. The molecule has 94 valence electrons. The summed E-state index contributed by atoms with van der Waals surface area (Å²) in [4.78, 5) is 22.8. The molecule has 1 unspecified atom stereocenters. The smallest absolute Gasteiger partial charge is 0.303 e. The van der Waals surface area contributed by atoms with Crippen LogP contribution in [0.25, 0.3) is 0 Å². The zero-order valence-electron chi connectivity index (χ0n) is 9.40. The SMILES string of the molecule is CC(CCC(=O)O)NC(=O)Cc1ccc(Cl)s1. The van der Waals surface area contributed by atoms with Crippen molar-refractivity contribution in [2.75, 3.05) is 0 Å². The van der Waals surface area contributed by atoms with Crippen LogP contribution in [0.3, 0.4) is 0 Å². The van der Waals surface area contributed by atoms with Crippen molar-refractivity contribution >= 4 is 34.8 Å². The van der Waals surface area contributed by atoms with Crippen LogP contribution in [0.5, 0.6) is 0 Å². The molecule has 0 bridgehead atoms. The van der Waals surface area contributed by atoms with Crippen molar-refractivity contribution < 1.29 is 14.7 Å². The van der Waals surface area contributed by atoms with E-state index >= 15 is 0 Å². The van der Waals surface area contributed by atoms with Gasteiger partial charge in [-0.2, -0.15) is 0 Å². The van der Waals surface area contributed by atoms with Crippen molar-refractivity contribution in [2.45, 2.75) is 32.2 Å². The second kappa shape index (κ2) is 6.61. The summed E-state index contributed by atoms with van der Waals surface area (Å²) in [6, 6.07) is 3.44. The lowest BCUT2D eigenvalue weighted by Crippen LogP contribution is -2.33. The van der Waals surface area contributed by atoms with Crippen LogP contribution in [0.1, 0.15) is 24.6 Å². The highest BCUT2D eigenvalue weighted by atomic mass is 35.5. The summed E-state index contributed by atoms with van der Waals surface area (Å²) in [7, 11) is 0. The predicted molar refractivity (Wildman–Crippen MR) is 67.5 cm³/mol. The molecule has 0 spiro atoms. The van der Waals surface area contributed by atoms with Crippen molar-refractivity contribution in [3.05, 3.63) is 21.3 Å². The lowest BCUT2D eigenvalue weighted by molar-refractivity contribution is -0.137. The van der Waals surface area contributed by atoms with Crippen molar-refractivity contribution in [3.8, 4) is 0 Å². The number of carboxylic acid groups (broad SMARTS) is 1. The molecule has 0 radical (unpaired) electrons. The Labute approximate surface area is 109 Å². The minimum Gasteiger partial charge on any atom is -0.481 e. The molecule has 0 aliphatic rings. The van der Waals surface area contributed by atoms with Gasteiger partial charge in [-0.25, -0.2) is 0 Å². The van der Waals surface area contributed by atoms with Gasteiger partial charge in [-0.3, -0.25) is 9.59 Å². The van der Waals surface area contributed by atoms with Crippen molar-refractivity contribution in [1.82, 2.24) is 5.32 Å². The zero-order valence-corrected chi connectivity index (χ0v) is 11.0. The lowest BCUT2D eigenvalue weighted by Gasteiger charge is -2.12. The molecule has 0 saturated heterocycles. The minimum absolute atomic E-state index is 0.0618. The minimum atomic E-state index is -0.851. The first kappa shape index (κ1) is 14.0. The topological polar surface area (TPSA) is 66.4 Å². The van der Waals surface area contributed by atoms with E-state index in [0.29, 0.717) is 10.8 Å². The van der Waals surface area contributed by atoms with E-state index in [9.17, 15) is 9.59 Å². The molecule has 2 N–H and O–H groups in total. The molecule has 6 heteroatoms. The molecule has 1 heterocycles. The van der Waals surface area contributed by atoms with E-state index < -0.39 is 5.97 Å². The molecule has 17 heavy (non-hydrogen) atoms. The van der Waals surface area contributed by atoms with E-state index in [0.717, 1.165) is 4.88 Å². The Morgan fingerprint density at radius 3 is 2.76 bits per heavy atom. The molecule has 1 aromatic heterocycles. The first-order valence-electron chi connectivity index (χ1n) is 5.22. The highest BCUT2D eigenvalue weighted by Gasteiger charge is 2.10. The number of carbonyl (C=O) groups excluding carboxylic acids is 1. The van der Waals surface area contributed by atoms with Gasteiger partial charge in [0.1, 0.15) is 0 Å². The molecule has 0 aliphatic carbocycles. The van der Waals surface area contributed by atoms with Crippen molar-refractivity contribution in [1.29, 1.82) is 0 Å². The Morgan fingerprint density at radius 2 is 2.24 bits per heavy atom. The van der Waals surface area contributed by atoms with E-state index in [1.165, 1.54) is 11.3 Å². The summed E-state index contributed by atoms with van der Waals surface area (Å²) in [6.45, 7) is 1.79. The average Bonchev–Trinajstić information content (AvgIpc) is 2.60. The van der Waals surface area contributed by atoms with Crippen LogP contribution in [0.4, 0.5) is 0 Å². The molecule has 0 aromatic carbocycles. The highest BCUT2D eigenvalue weighted by molar-refractivity contribution is 7.16. The van der Waals surface area contributed by atoms with E-state index in [2.05, 4.69) is 5.32 Å². The number of thiophene rings is 1. The number of hydrogen-bond donors (Lipinski definition) is 2. The molecular formula is C11H14ClNO3S. The number of rotatable bonds is 6. The Kier molecular flexibility index (Phi) is 5.44. The standard InChI is InChI=1S/C11H14ClNO3S/c1-7(2-5-11(15)16)13-10(14)6-8-3-4-9(12)17-8/h3-4,7H,2,5-6H2,1H3,(H,13,14)(H,15,16). The van der Waals surface area contributed by atoms with Gasteiger partial charge in [-0.15, -0.1) is 11.3 Å². The summed E-state index contributed by atoms with van der Waals surface area (Å²) in [6.07, 6.45) is 0.785. The van der Waals surface area contributed by atoms with E-state index in [1.54, 1.807) is 13.0 Å². The van der Waals surface area contributed by atoms with Gasteiger partial charge in [-0.1, -0.05) is 11.6 Å². The number of carbonyl (C=O) groups is 2. The first-order chi connectivity index (χ1) is 7.97.